The number of benzene rings is 1. The predicted octanol–water partition coefficient (Wildman–Crippen LogP) is 2.02. The second-order valence-corrected chi connectivity index (χ2v) is 4.93. The van der Waals surface area contributed by atoms with E-state index in [4.69, 9.17) is 4.74 Å². The second kappa shape index (κ2) is 5.17. The summed E-state index contributed by atoms with van der Waals surface area (Å²) in [5, 5.41) is 14.4. The van der Waals surface area contributed by atoms with Gasteiger partial charge in [-0.15, -0.1) is 0 Å². The van der Waals surface area contributed by atoms with E-state index in [1.807, 2.05) is 6.07 Å². The van der Waals surface area contributed by atoms with E-state index >= 15 is 0 Å². The standard InChI is InChI=1S/C15H18N2O3/c1-2-20-15(19)10-4-5-11-12(8-10)17-7-3-6-16-9-13(17)14(11)18/h4-5,8,16,18H,2-3,6-7,9H2,1H3. The summed E-state index contributed by atoms with van der Waals surface area (Å²) in [6, 6.07) is 5.30. The Labute approximate surface area is 117 Å². The fraction of sp³-hybridized carbons (Fsp3) is 0.400. The minimum Gasteiger partial charge on any atom is -0.505 e. The molecule has 0 radical (unpaired) electrons. The van der Waals surface area contributed by atoms with Crippen molar-refractivity contribution in [3.63, 3.8) is 0 Å². The third-order valence-corrected chi connectivity index (χ3v) is 3.68. The van der Waals surface area contributed by atoms with Gasteiger partial charge in [0.25, 0.3) is 0 Å². The molecule has 1 aliphatic heterocycles. The number of aromatic nitrogens is 1. The third kappa shape index (κ3) is 2.04. The van der Waals surface area contributed by atoms with E-state index in [1.165, 1.54) is 0 Å². The molecule has 3 rings (SSSR count). The van der Waals surface area contributed by atoms with Gasteiger partial charge in [-0.1, -0.05) is 0 Å². The fourth-order valence-electron chi connectivity index (χ4n) is 2.73. The van der Waals surface area contributed by atoms with Crippen molar-refractivity contribution in [2.45, 2.75) is 26.4 Å². The number of nitrogens with one attached hydrogen (secondary N) is 1. The Balaban J connectivity index is 2.13. The lowest BCUT2D eigenvalue weighted by atomic mass is 10.1. The first-order valence-electron chi connectivity index (χ1n) is 6.94. The smallest absolute Gasteiger partial charge is 0.338 e. The molecule has 0 bridgehead atoms. The van der Waals surface area contributed by atoms with Crippen LogP contribution in [-0.2, 0) is 17.8 Å². The highest BCUT2D eigenvalue weighted by Gasteiger charge is 2.19. The molecule has 2 aromatic rings. The van der Waals surface area contributed by atoms with Gasteiger partial charge in [0, 0.05) is 18.5 Å². The molecule has 5 heteroatoms. The maximum atomic E-state index is 11.8. The number of rotatable bonds is 2. The first kappa shape index (κ1) is 13.0. The Hall–Kier alpha value is -2.01. The highest BCUT2D eigenvalue weighted by atomic mass is 16.5. The monoisotopic (exact) mass is 274 g/mol. The van der Waals surface area contributed by atoms with E-state index in [-0.39, 0.29) is 5.97 Å². The molecule has 2 heterocycles. The number of hydrogen-bond donors (Lipinski definition) is 2. The van der Waals surface area contributed by atoms with Crippen LogP contribution in [0.25, 0.3) is 10.9 Å². The Morgan fingerprint density at radius 2 is 2.35 bits per heavy atom. The maximum absolute atomic E-state index is 11.8. The summed E-state index contributed by atoms with van der Waals surface area (Å²) in [6.07, 6.45) is 1.000. The van der Waals surface area contributed by atoms with Crippen LogP contribution < -0.4 is 5.32 Å². The molecule has 1 aliphatic rings. The number of hydrogen-bond acceptors (Lipinski definition) is 4. The van der Waals surface area contributed by atoms with Gasteiger partial charge in [0.15, 0.2) is 0 Å². The molecular formula is C15H18N2O3. The van der Waals surface area contributed by atoms with Gasteiger partial charge < -0.3 is 19.7 Å². The van der Waals surface area contributed by atoms with Gasteiger partial charge in [-0.05, 0) is 38.1 Å². The molecule has 0 saturated heterocycles. The van der Waals surface area contributed by atoms with Crippen LogP contribution in [0.2, 0.25) is 0 Å². The lowest BCUT2D eigenvalue weighted by molar-refractivity contribution is 0.0526. The minimum absolute atomic E-state index is 0.310. The van der Waals surface area contributed by atoms with Crippen LogP contribution in [0.15, 0.2) is 18.2 Å². The van der Waals surface area contributed by atoms with E-state index < -0.39 is 0 Å². The number of esters is 1. The van der Waals surface area contributed by atoms with E-state index in [0.29, 0.717) is 24.5 Å². The molecule has 0 amide bonds. The van der Waals surface area contributed by atoms with Crippen molar-refractivity contribution >= 4 is 16.9 Å². The van der Waals surface area contributed by atoms with Crippen LogP contribution >= 0.6 is 0 Å². The zero-order chi connectivity index (χ0) is 14.1. The SMILES string of the molecule is CCOC(=O)c1ccc2c(O)c3n(c2c1)CCCNC3. The fourth-order valence-corrected chi connectivity index (χ4v) is 2.73. The van der Waals surface area contributed by atoms with Gasteiger partial charge in [-0.25, -0.2) is 4.79 Å². The number of fused-ring (bicyclic) bond motifs is 3. The molecule has 0 aliphatic carbocycles. The van der Waals surface area contributed by atoms with Crippen molar-refractivity contribution in [3.8, 4) is 5.75 Å². The predicted molar refractivity (Wildman–Crippen MR) is 75.9 cm³/mol. The van der Waals surface area contributed by atoms with Gasteiger partial charge in [-0.3, -0.25) is 0 Å². The van der Waals surface area contributed by atoms with E-state index in [9.17, 15) is 9.90 Å². The topological polar surface area (TPSA) is 63.5 Å². The molecule has 0 unspecified atom stereocenters. The largest absolute Gasteiger partial charge is 0.505 e. The van der Waals surface area contributed by atoms with Crippen LogP contribution in [0.1, 0.15) is 29.4 Å². The zero-order valence-electron chi connectivity index (χ0n) is 11.5. The Bertz CT molecular complexity index is 661. The Kier molecular flexibility index (Phi) is 3.36. The molecule has 106 valence electrons. The molecule has 1 aromatic heterocycles. The van der Waals surface area contributed by atoms with Gasteiger partial charge in [-0.2, -0.15) is 0 Å². The van der Waals surface area contributed by atoms with Crippen molar-refractivity contribution in [1.82, 2.24) is 9.88 Å². The van der Waals surface area contributed by atoms with Gasteiger partial charge in [0.2, 0.25) is 0 Å². The molecule has 1 aromatic carbocycles. The molecule has 0 spiro atoms. The number of aromatic hydroxyl groups is 1. The molecule has 2 N–H and O–H groups in total. The number of carbonyl (C=O) groups is 1. The summed E-state index contributed by atoms with van der Waals surface area (Å²) in [4.78, 5) is 11.8. The molecule has 0 saturated carbocycles. The average molecular weight is 274 g/mol. The van der Waals surface area contributed by atoms with Crippen LogP contribution in [0, 0.1) is 0 Å². The van der Waals surface area contributed by atoms with Crippen LogP contribution in [0.5, 0.6) is 5.75 Å². The minimum atomic E-state index is -0.323. The molecule has 0 fully saturated rings. The van der Waals surface area contributed by atoms with Crippen molar-refractivity contribution in [3.05, 3.63) is 29.5 Å². The number of aryl methyl sites for hydroxylation is 1. The van der Waals surface area contributed by atoms with Crippen LogP contribution in [0.4, 0.5) is 0 Å². The highest BCUT2D eigenvalue weighted by Crippen LogP contribution is 2.33. The van der Waals surface area contributed by atoms with Crippen molar-refractivity contribution in [2.75, 3.05) is 13.2 Å². The lowest BCUT2D eigenvalue weighted by Crippen LogP contribution is -2.12. The molecular weight excluding hydrogens is 256 g/mol. The summed E-state index contributed by atoms with van der Waals surface area (Å²) < 4.78 is 7.12. The van der Waals surface area contributed by atoms with E-state index in [1.54, 1.807) is 19.1 Å². The van der Waals surface area contributed by atoms with Crippen molar-refractivity contribution < 1.29 is 14.6 Å². The summed E-state index contributed by atoms with van der Waals surface area (Å²) in [5.41, 5.74) is 2.31. The molecule has 20 heavy (non-hydrogen) atoms. The quantitative estimate of drug-likeness (QED) is 0.822. The van der Waals surface area contributed by atoms with Gasteiger partial charge in [0.05, 0.1) is 23.4 Å². The van der Waals surface area contributed by atoms with Crippen LogP contribution in [-0.4, -0.2) is 28.8 Å². The molecule has 5 nitrogen and oxygen atoms in total. The number of carbonyl (C=O) groups excluding carboxylic acids is 1. The lowest BCUT2D eigenvalue weighted by Gasteiger charge is -2.06. The third-order valence-electron chi connectivity index (χ3n) is 3.68. The van der Waals surface area contributed by atoms with Crippen molar-refractivity contribution in [2.24, 2.45) is 0 Å². The average Bonchev–Trinajstić information content (AvgIpc) is 2.63. The number of ether oxygens (including phenoxy) is 1. The first-order chi connectivity index (χ1) is 9.72. The first-order valence-corrected chi connectivity index (χ1v) is 6.94. The number of nitrogens with zero attached hydrogens (tertiary/aromatic N) is 1. The van der Waals surface area contributed by atoms with E-state index in [2.05, 4.69) is 9.88 Å². The second-order valence-electron chi connectivity index (χ2n) is 4.93. The van der Waals surface area contributed by atoms with Gasteiger partial charge in [0.1, 0.15) is 5.75 Å². The van der Waals surface area contributed by atoms with Crippen LogP contribution in [0.3, 0.4) is 0 Å². The zero-order valence-corrected chi connectivity index (χ0v) is 11.5. The van der Waals surface area contributed by atoms with E-state index in [0.717, 1.165) is 36.1 Å². The summed E-state index contributed by atoms with van der Waals surface area (Å²) >= 11 is 0. The maximum Gasteiger partial charge on any atom is 0.338 e. The van der Waals surface area contributed by atoms with Gasteiger partial charge >= 0.3 is 5.97 Å². The summed E-state index contributed by atoms with van der Waals surface area (Å²) in [6.45, 7) is 4.57. The van der Waals surface area contributed by atoms with Crippen molar-refractivity contribution in [1.29, 1.82) is 0 Å². The normalized spacial score (nSPS) is 14.8. The summed E-state index contributed by atoms with van der Waals surface area (Å²) in [7, 11) is 0. The Morgan fingerprint density at radius 1 is 1.50 bits per heavy atom. The summed E-state index contributed by atoms with van der Waals surface area (Å²) in [5.74, 6) is -0.0130. The molecule has 0 atom stereocenters. The Morgan fingerprint density at radius 3 is 3.15 bits per heavy atom. The highest BCUT2D eigenvalue weighted by molar-refractivity contribution is 5.97.